The monoisotopic (exact) mass is 336 g/mol. The quantitative estimate of drug-likeness (QED) is 0.793. The molecular formula is C19H25ClO3. The van der Waals surface area contributed by atoms with Crippen molar-refractivity contribution in [2.45, 2.75) is 52.1 Å². The molecule has 1 aromatic carbocycles. The number of benzene rings is 1. The Kier molecular flexibility index (Phi) is 4.59. The first-order valence-electron chi connectivity index (χ1n) is 8.53. The van der Waals surface area contributed by atoms with Gasteiger partial charge in [0.2, 0.25) is 0 Å². The Bertz CT molecular complexity index is 564. The van der Waals surface area contributed by atoms with E-state index in [0.717, 1.165) is 18.3 Å². The van der Waals surface area contributed by atoms with Gasteiger partial charge in [0.1, 0.15) is 5.75 Å². The Hall–Kier alpha value is -1.22. The summed E-state index contributed by atoms with van der Waals surface area (Å²) in [6, 6.07) is 6.87. The molecular weight excluding hydrogens is 312 g/mol. The summed E-state index contributed by atoms with van der Waals surface area (Å²) >= 11 is 5.85. The average molecular weight is 337 g/mol. The number of hydrogen-bond donors (Lipinski definition) is 1. The predicted molar refractivity (Wildman–Crippen MR) is 90.8 cm³/mol. The zero-order valence-electron chi connectivity index (χ0n) is 13.8. The van der Waals surface area contributed by atoms with Crippen molar-refractivity contribution >= 4 is 17.6 Å². The molecule has 0 spiro atoms. The molecule has 0 radical (unpaired) electrons. The molecule has 0 heterocycles. The summed E-state index contributed by atoms with van der Waals surface area (Å²) in [6.07, 6.45) is 4.59. The number of fused-ring (bicyclic) bond motifs is 2. The summed E-state index contributed by atoms with van der Waals surface area (Å²) in [7, 11) is 0. The highest BCUT2D eigenvalue weighted by molar-refractivity contribution is 6.30. The maximum atomic E-state index is 11.5. The van der Waals surface area contributed by atoms with Crippen LogP contribution in [-0.4, -0.2) is 17.2 Å². The molecule has 2 bridgehead atoms. The van der Waals surface area contributed by atoms with E-state index in [1.807, 2.05) is 0 Å². The van der Waals surface area contributed by atoms with Gasteiger partial charge in [-0.3, -0.25) is 0 Å². The van der Waals surface area contributed by atoms with Gasteiger partial charge in [-0.15, -0.1) is 0 Å². The predicted octanol–water partition coefficient (Wildman–Crippen LogP) is 5.02. The molecule has 3 nitrogen and oxygen atoms in total. The van der Waals surface area contributed by atoms with E-state index in [-0.39, 0.29) is 0 Å². The molecule has 1 N–H and O–H groups in total. The second-order valence-corrected chi connectivity index (χ2v) is 8.11. The Morgan fingerprint density at radius 3 is 2.61 bits per heavy atom. The summed E-state index contributed by atoms with van der Waals surface area (Å²) in [4.78, 5) is 11.5. The largest absolute Gasteiger partial charge is 0.479 e. The fourth-order valence-electron chi connectivity index (χ4n) is 4.58. The SMILES string of the molecule is CC1(C)C2CCC(CCC(Oc3ccc(Cl)cc3)C(=O)O)C1C2. The molecule has 3 saturated carbocycles. The van der Waals surface area contributed by atoms with Crippen LogP contribution in [0, 0.1) is 23.2 Å². The molecule has 4 heteroatoms. The second-order valence-electron chi connectivity index (χ2n) is 7.67. The number of ether oxygens (including phenoxy) is 1. The zero-order chi connectivity index (χ0) is 16.6. The third kappa shape index (κ3) is 3.35. The number of halogens is 1. The lowest BCUT2D eigenvalue weighted by Crippen LogP contribution is -2.52. The third-order valence-corrected chi connectivity index (χ3v) is 6.42. The molecule has 1 aromatic rings. The molecule has 4 unspecified atom stereocenters. The normalized spacial score (nSPS) is 29.4. The van der Waals surface area contributed by atoms with Gasteiger partial charge < -0.3 is 9.84 Å². The van der Waals surface area contributed by atoms with Crippen molar-refractivity contribution in [1.29, 1.82) is 0 Å². The first-order chi connectivity index (χ1) is 10.9. The Morgan fingerprint density at radius 1 is 1.35 bits per heavy atom. The highest BCUT2D eigenvalue weighted by Crippen LogP contribution is 2.62. The molecule has 0 amide bonds. The highest BCUT2D eigenvalue weighted by Gasteiger charge is 2.53. The minimum atomic E-state index is -0.887. The first-order valence-corrected chi connectivity index (χ1v) is 8.90. The molecule has 4 rings (SSSR count). The molecule has 0 aromatic heterocycles. The van der Waals surface area contributed by atoms with Gasteiger partial charge in [-0.05, 0) is 79.5 Å². The van der Waals surface area contributed by atoms with Crippen molar-refractivity contribution in [1.82, 2.24) is 0 Å². The van der Waals surface area contributed by atoms with Gasteiger partial charge in [-0.25, -0.2) is 4.79 Å². The number of hydrogen-bond acceptors (Lipinski definition) is 2. The Balaban J connectivity index is 1.57. The minimum absolute atomic E-state index is 0.443. The number of carboxylic acid groups (broad SMARTS) is 1. The van der Waals surface area contributed by atoms with Crippen LogP contribution >= 0.6 is 11.6 Å². The second kappa shape index (κ2) is 6.35. The van der Waals surface area contributed by atoms with Crippen molar-refractivity contribution < 1.29 is 14.6 Å². The molecule has 0 aliphatic heterocycles. The van der Waals surface area contributed by atoms with Crippen LogP contribution in [0.1, 0.15) is 46.0 Å². The fraction of sp³-hybridized carbons (Fsp3) is 0.632. The molecule has 3 fully saturated rings. The van der Waals surface area contributed by atoms with E-state index >= 15 is 0 Å². The van der Waals surface area contributed by atoms with Gasteiger partial charge in [0.05, 0.1) is 0 Å². The minimum Gasteiger partial charge on any atom is -0.479 e. The van der Waals surface area contributed by atoms with Crippen molar-refractivity contribution in [3.05, 3.63) is 29.3 Å². The Morgan fingerprint density at radius 2 is 2.04 bits per heavy atom. The lowest BCUT2D eigenvalue weighted by Gasteiger charge is -2.60. The van der Waals surface area contributed by atoms with Gasteiger partial charge in [-0.1, -0.05) is 25.4 Å². The van der Waals surface area contributed by atoms with Crippen LogP contribution in [0.5, 0.6) is 5.75 Å². The standard InChI is InChI=1S/C19H25ClO3/c1-19(2)13-5-3-12(16(19)11-13)4-10-17(18(21)22)23-15-8-6-14(20)7-9-15/h6-9,12-13,16-17H,3-5,10-11H2,1-2H3,(H,21,22). The van der Waals surface area contributed by atoms with Crippen LogP contribution in [0.3, 0.4) is 0 Å². The van der Waals surface area contributed by atoms with Crippen LogP contribution in [0.15, 0.2) is 24.3 Å². The van der Waals surface area contributed by atoms with Crippen LogP contribution in [-0.2, 0) is 4.79 Å². The van der Waals surface area contributed by atoms with Crippen molar-refractivity contribution in [2.24, 2.45) is 23.2 Å². The number of aliphatic carboxylic acids is 1. The molecule has 3 aliphatic carbocycles. The van der Waals surface area contributed by atoms with Gasteiger partial charge in [0.15, 0.2) is 6.10 Å². The van der Waals surface area contributed by atoms with Crippen LogP contribution in [0.2, 0.25) is 5.02 Å². The summed E-state index contributed by atoms with van der Waals surface area (Å²) < 4.78 is 5.66. The zero-order valence-corrected chi connectivity index (χ0v) is 14.6. The fourth-order valence-corrected chi connectivity index (χ4v) is 4.71. The smallest absolute Gasteiger partial charge is 0.344 e. The summed E-state index contributed by atoms with van der Waals surface area (Å²) in [5.41, 5.74) is 0.443. The van der Waals surface area contributed by atoms with E-state index in [0.29, 0.717) is 28.5 Å². The van der Waals surface area contributed by atoms with Gasteiger partial charge >= 0.3 is 5.97 Å². The van der Waals surface area contributed by atoms with Crippen molar-refractivity contribution in [3.63, 3.8) is 0 Å². The summed E-state index contributed by atoms with van der Waals surface area (Å²) in [5.74, 6) is 1.96. The average Bonchev–Trinajstić information content (AvgIpc) is 2.52. The van der Waals surface area contributed by atoms with Crippen LogP contribution in [0.4, 0.5) is 0 Å². The van der Waals surface area contributed by atoms with Gasteiger partial charge in [0.25, 0.3) is 0 Å². The lowest BCUT2D eigenvalue weighted by molar-refractivity contribution is -0.146. The molecule has 0 saturated heterocycles. The maximum Gasteiger partial charge on any atom is 0.344 e. The van der Waals surface area contributed by atoms with Gasteiger partial charge in [-0.2, -0.15) is 0 Å². The summed E-state index contributed by atoms with van der Waals surface area (Å²) in [6.45, 7) is 4.74. The maximum absolute atomic E-state index is 11.5. The van der Waals surface area contributed by atoms with E-state index in [4.69, 9.17) is 16.3 Å². The van der Waals surface area contributed by atoms with Crippen LogP contribution in [0.25, 0.3) is 0 Å². The molecule has 126 valence electrons. The Labute approximate surface area is 143 Å². The number of carboxylic acids is 1. The van der Waals surface area contributed by atoms with Crippen LogP contribution < -0.4 is 4.74 Å². The topological polar surface area (TPSA) is 46.5 Å². The van der Waals surface area contributed by atoms with Crippen molar-refractivity contribution in [3.8, 4) is 5.75 Å². The molecule has 23 heavy (non-hydrogen) atoms. The van der Waals surface area contributed by atoms with E-state index in [1.54, 1.807) is 24.3 Å². The van der Waals surface area contributed by atoms with E-state index in [1.165, 1.54) is 19.3 Å². The lowest BCUT2D eigenvalue weighted by atomic mass is 9.45. The summed E-state index contributed by atoms with van der Waals surface area (Å²) in [5, 5.41) is 10.1. The first kappa shape index (κ1) is 16.6. The van der Waals surface area contributed by atoms with E-state index in [2.05, 4.69) is 13.8 Å². The molecule has 4 atom stereocenters. The highest BCUT2D eigenvalue weighted by atomic mass is 35.5. The third-order valence-electron chi connectivity index (χ3n) is 6.17. The van der Waals surface area contributed by atoms with Crippen molar-refractivity contribution in [2.75, 3.05) is 0 Å². The number of carbonyl (C=O) groups is 1. The van der Waals surface area contributed by atoms with E-state index in [9.17, 15) is 9.90 Å². The number of rotatable bonds is 6. The molecule has 3 aliphatic rings. The van der Waals surface area contributed by atoms with Gasteiger partial charge in [0, 0.05) is 5.02 Å². The van der Waals surface area contributed by atoms with E-state index < -0.39 is 12.1 Å².